The Balaban J connectivity index is 1.57. The van der Waals surface area contributed by atoms with E-state index in [9.17, 15) is 0 Å². The molecule has 0 saturated heterocycles. The lowest BCUT2D eigenvalue weighted by Gasteiger charge is -2.32. The number of rotatable bonds is 5. The van der Waals surface area contributed by atoms with Gasteiger partial charge in [0.15, 0.2) is 23.0 Å². The molecule has 0 radical (unpaired) electrons. The van der Waals surface area contributed by atoms with Gasteiger partial charge in [-0.1, -0.05) is 11.2 Å². The predicted molar refractivity (Wildman–Crippen MR) is 106 cm³/mol. The summed E-state index contributed by atoms with van der Waals surface area (Å²) in [6, 6.07) is 9.44. The minimum atomic E-state index is -0.179. The van der Waals surface area contributed by atoms with Crippen LogP contribution in [0.1, 0.15) is 29.6 Å². The summed E-state index contributed by atoms with van der Waals surface area (Å²) in [5.74, 6) is 3.94. The zero-order chi connectivity index (χ0) is 20.7. The summed E-state index contributed by atoms with van der Waals surface area (Å²) in [5, 5.41) is 15.6. The number of hydrogen-bond acceptors (Lipinski definition) is 9. The van der Waals surface area contributed by atoms with E-state index in [-0.39, 0.29) is 18.9 Å². The van der Waals surface area contributed by atoms with Crippen molar-refractivity contribution in [3.05, 3.63) is 41.5 Å². The molecule has 0 aliphatic carbocycles. The molecule has 0 saturated carbocycles. The van der Waals surface area contributed by atoms with Gasteiger partial charge in [0, 0.05) is 11.6 Å². The summed E-state index contributed by atoms with van der Waals surface area (Å²) >= 11 is 0. The van der Waals surface area contributed by atoms with Crippen LogP contribution in [0.3, 0.4) is 0 Å². The number of tetrazole rings is 1. The van der Waals surface area contributed by atoms with Crippen LogP contribution in [0.25, 0.3) is 0 Å². The van der Waals surface area contributed by atoms with Gasteiger partial charge in [0.1, 0.15) is 5.75 Å². The van der Waals surface area contributed by atoms with E-state index in [1.165, 1.54) is 0 Å². The van der Waals surface area contributed by atoms with Crippen LogP contribution in [0.2, 0.25) is 0 Å². The number of benzene rings is 2. The lowest BCUT2D eigenvalue weighted by Crippen LogP contribution is -2.28. The summed E-state index contributed by atoms with van der Waals surface area (Å²) in [7, 11) is 4.83. The van der Waals surface area contributed by atoms with Gasteiger partial charge in [0.2, 0.25) is 12.7 Å². The van der Waals surface area contributed by atoms with Crippen molar-refractivity contribution in [1.82, 2.24) is 20.2 Å². The van der Waals surface area contributed by atoms with E-state index in [0.717, 1.165) is 22.6 Å². The molecule has 2 aliphatic heterocycles. The van der Waals surface area contributed by atoms with Crippen LogP contribution >= 0.6 is 0 Å². The molecule has 0 unspecified atom stereocenters. The van der Waals surface area contributed by atoms with Crippen molar-refractivity contribution < 1.29 is 23.7 Å². The molecule has 1 aromatic heterocycles. The van der Waals surface area contributed by atoms with Gasteiger partial charge in [-0.05, 0) is 40.6 Å². The first kappa shape index (κ1) is 18.3. The molecule has 10 nitrogen and oxygen atoms in total. The minimum Gasteiger partial charge on any atom is -0.496 e. The van der Waals surface area contributed by atoms with E-state index >= 15 is 0 Å². The van der Waals surface area contributed by atoms with Crippen molar-refractivity contribution in [2.24, 2.45) is 0 Å². The molecule has 1 N–H and O–H groups in total. The molecule has 10 heteroatoms. The predicted octanol–water partition coefficient (Wildman–Crippen LogP) is 2.57. The number of ether oxygens (including phenoxy) is 5. The van der Waals surface area contributed by atoms with E-state index in [1.54, 1.807) is 26.0 Å². The first-order valence-electron chi connectivity index (χ1n) is 9.45. The second kappa shape index (κ2) is 7.29. The Labute approximate surface area is 172 Å². The molecule has 3 heterocycles. The summed E-state index contributed by atoms with van der Waals surface area (Å²) < 4.78 is 29.3. The highest BCUT2D eigenvalue weighted by atomic mass is 16.7. The van der Waals surface area contributed by atoms with Crippen LogP contribution in [0, 0.1) is 0 Å². The maximum Gasteiger partial charge on any atom is 0.243 e. The van der Waals surface area contributed by atoms with Crippen LogP contribution in [0.4, 0.5) is 5.95 Å². The lowest BCUT2D eigenvalue weighted by molar-refractivity contribution is 0.174. The molecule has 2 atom stereocenters. The second-order valence-corrected chi connectivity index (χ2v) is 6.96. The molecule has 156 valence electrons. The highest BCUT2D eigenvalue weighted by Gasteiger charge is 2.34. The SMILES string of the molecule is COc1cc(OC)c([C@H]2C[C@@H](c3ccc4c(c3)OCO4)Nc3nnnn32)cc1OC. The molecular weight excluding hydrogens is 390 g/mol. The maximum atomic E-state index is 5.66. The van der Waals surface area contributed by atoms with Crippen molar-refractivity contribution in [3.63, 3.8) is 0 Å². The number of nitrogens with one attached hydrogen (secondary N) is 1. The maximum absolute atomic E-state index is 5.66. The van der Waals surface area contributed by atoms with Gasteiger partial charge in [0.25, 0.3) is 0 Å². The van der Waals surface area contributed by atoms with Crippen LogP contribution in [0.15, 0.2) is 30.3 Å². The normalized spacial score (nSPS) is 19.0. The zero-order valence-corrected chi connectivity index (χ0v) is 16.8. The Morgan fingerprint density at radius 1 is 0.967 bits per heavy atom. The number of nitrogens with zero attached hydrogens (tertiary/aromatic N) is 4. The number of fused-ring (bicyclic) bond motifs is 2. The number of anilines is 1. The summed E-state index contributed by atoms with van der Waals surface area (Å²) in [6.45, 7) is 0.237. The van der Waals surface area contributed by atoms with Crippen molar-refractivity contribution in [1.29, 1.82) is 0 Å². The standard InChI is InChI=1S/C20H21N5O5/c1-26-16-9-18(28-3)17(27-2)7-12(16)14-8-13(21-20-22-23-24-25(14)20)11-4-5-15-19(6-11)30-10-29-15/h4-7,9,13-14H,8,10H2,1-3H3,(H,21,22,24)/t13-,14+/m0/s1. The molecule has 0 bridgehead atoms. The smallest absolute Gasteiger partial charge is 0.243 e. The monoisotopic (exact) mass is 411 g/mol. The fourth-order valence-electron chi connectivity index (χ4n) is 3.96. The Morgan fingerprint density at radius 2 is 1.73 bits per heavy atom. The molecule has 0 spiro atoms. The first-order valence-corrected chi connectivity index (χ1v) is 9.45. The summed E-state index contributed by atoms with van der Waals surface area (Å²) in [4.78, 5) is 0. The average molecular weight is 411 g/mol. The van der Waals surface area contributed by atoms with Crippen LogP contribution < -0.4 is 29.0 Å². The van der Waals surface area contributed by atoms with Crippen molar-refractivity contribution in [2.45, 2.75) is 18.5 Å². The number of methoxy groups -OCH3 is 3. The van der Waals surface area contributed by atoms with Crippen molar-refractivity contribution in [3.8, 4) is 28.7 Å². The van der Waals surface area contributed by atoms with Crippen LogP contribution in [-0.4, -0.2) is 48.3 Å². The quantitative estimate of drug-likeness (QED) is 0.679. The van der Waals surface area contributed by atoms with Gasteiger partial charge in [0.05, 0.1) is 33.4 Å². The van der Waals surface area contributed by atoms with E-state index in [1.807, 2.05) is 30.3 Å². The minimum absolute atomic E-state index is 0.0409. The molecule has 2 aromatic carbocycles. The zero-order valence-electron chi connectivity index (χ0n) is 16.8. The van der Waals surface area contributed by atoms with Gasteiger partial charge in [-0.15, -0.1) is 0 Å². The summed E-state index contributed by atoms with van der Waals surface area (Å²) in [5.41, 5.74) is 1.95. The van der Waals surface area contributed by atoms with Gasteiger partial charge in [-0.2, -0.15) is 0 Å². The van der Waals surface area contributed by atoms with E-state index in [0.29, 0.717) is 29.6 Å². The van der Waals surface area contributed by atoms with Gasteiger partial charge < -0.3 is 29.0 Å². The molecule has 30 heavy (non-hydrogen) atoms. The van der Waals surface area contributed by atoms with Crippen LogP contribution in [-0.2, 0) is 0 Å². The van der Waals surface area contributed by atoms with E-state index < -0.39 is 0 Å². The molecule has 0 amide bonds. The largest absolute Gasteiger partial charge is 0.496 e. The Kier molecular flexibility index (Phi) is 4.46. The molecule has 5 rings (SSSR count). The van der Waals surface area contributed by atoms with Crippen molar-refractivity contribution in [2.75, 3.05) is 33.4 Å². The second-order valence-electron chi connectivity index (χ2n) is 6.96. The third-order valence-corrected chi connectivity index (χ3v) is 5.44. The fraction of sp³-hybridized carbons (Fsp3) is 0.350. The lowest BCUT2D eigenvalue weighted by atomic mass is 9.92. The van der Waals surface area contributed by atoms with Gasteiger partial charge in [-0.3, -0.25) is 0 Å². The molecule has 2 aliphatic rings. The first-order chi connectivity index (χ1) is 14.7. The van der Waals surface area contributed by atoms with E-state index in [2.05, 4.69) is 20.8 Å². The molecule has 3 aromatic rings. The highest BCUT2D eigenvalue weighted by Crippen LogP contribution is 2.45. The summed E-state index contributed by atoms with van der Waals surface area (Å²) in [6.07, 6.45) is 0.684. The number of aromatic nitrogens is 4. The Morgan fingerprint density at radius 3 is 2.53 bits per heavy atom. The Hall–Kier alpha value is -3.69. The molecular formula is C20H21N5O5. The van der Waals surface area contributed by atoms with Gasteiger partial charge in [-0.25, -0.2) is 4.68 Å². The fourth-order valence-corrected chi connectivity index (χ4v) is 3.96. The van der Waals surface area contributed by atoms with Crippen molar-refractivity contribution >= 4 is 5.95 Å². The third kappa shape index (κ3) is 2.92. The van der Waals surface area contributed by atoms with E-state index in [4.69, 9.17) is 23.7 Å². The molecule has 0 fully saturated rings. The Bertz CT molecular complexity index is 1090. The van der Waals surface area contributed by atoms with Gasteiger partial charge >= 0.3 is 0 Å². The average Bonchev–Trinajstić information content (AvgIpc) is 3.46. The van der Waals surface area contributed by atoms with Crippen LogP contribution in [0.5, 0.6) is 28.7 Å². The number of hydrogen-bond donors (Lipinski definition) is 1. The third-order valence-electron chi connectivity index (χ3n) is 5.44. The topological polar surface area (TPSA) is 102 Å². The highest BCUT2D eigenvalue weighted by molar-refractivity contribution is 5.53.